The first-order valence-corrected chi connectivity index (χ1v) is 5.03. The van der Waals surface area contributed by atoms with Crippen LogP contribution in [0.2, 0.25) is 5.02 Å². The molecule has 0 fully saturated rings. The fourth-order valence-electron chi connectivity index (χ4n) is 1.34. The largest absolute Gasteiger partial charge is 0.417 e. The molecule has 88 valence electrons. The van der Waals surface area contributed by atoms with Crippen molar-refractivity contribution in [1.29, 1.82) is 0 Å². The van der Waals surface area contributed by atoms with Gasteiger partial charge in [-0.3, -0.25) is 0 Å². The Morgan fingerprint density at radius 2 is 2.06 bits per heavy atom. The number of carbonyl (C=O) groups is 1. The monoisotopic (exact) mass is 250 g/mol. The first kappa shape index (κ1) is 13.0. The standard InChI is InChI=1S/C11H10ClF3O/c1-7(6-16)4-8-2-3-9(10(12)5-8)11(13,14)15/h2-3,5-7H,4H2,1H3. The van der Waals surface area contributed by atoms with Gasteiger partial charge in [0.15, 0.2) is 0 Å². The van der Waals surface area contributed by atoms with Gasteiger partial charge in [-0.25, -0.2) is 0 Å². The summed E-state index contributed by atoms with van der Waals surface area (Å²) in [5.74, 6) is -0.229. The maximum atomic E-state index is 12.4. The topological polar surface area (TPSA) is 17.1 Å². The molecule has 0 radical (unpaired) electrons. The molecule has 1 aromatic rings. The number of halogens is 4. The van der Waals surface area contributed by atoms with E-state index in [-0.39, 0.29) is 10.9 Å². The number of hydrogen-bond donors (Lipinski definition) is 0. The molecule has 1 aromatic carbocycles. The third-order valence-corrected chi connectivity index (χ3v) is 2.44. The minimum absolute atomic E-state index is 0.229. The van der Waals surface area contributed by atoms with Crippen molar-refractivity contribution < 1.29 is 18.0 Å². The summed E-state index contributed by atoms with van der Waals surface area (Å²) in [5.41, 5.74) is -0.228. The van der Waals surface area contributed by atoms with Crippen molar-refractivity contribution in [3.05, 3.63) is 34.3 Å². The summed E-state index contributed by atoms with van der Waals surface area (Å²) in [7, 11) is 0. The highest BCUT2D eigenvalue weighted by Gasteiger charge is 2.32. The number of carbonyl (C=O) groups excluding carboxylic acids is 1. The van der Waals surface area contributed by atoms with Crippen molar-refractivity contribution in [1.82, 2.24) is 0 Å². The van der Waals surface area contributed by atoms with E-state index in [0.29, 0.717) is 12.0 Å². The summed E-state index contributed by atoms with van der Waals surface area (Å²) in [5, 5.41) is -0.330. The van der Waals surface area contributed by atoms with Crippen molar-refractivity contribution in [2.24, 2.45) is 5.92 Å². The molecule has 0 aliphatic heterocycles. The van der Waals surface area contributed by atoms with Gasteiger partial charge in [-0.05, 0) is 24.1 Å². The van der Waals surface area contributed by atoms with Gasteiger partial charge < -0.3 is 4.79 Å². The second-order valence-electron chi connectivity index (χ2n) is 3.63. The average molecular weight is 251 g/mol. The zero-order chi connectivity index (χ0) is 12.3. The fourth-order valence-corrected chi connectivity index (χ4v) is 1.65. The average Bonchev–Trinajstić information content (AvgIpc) is 2.15. The lowest BCUT2D eigenvalue weighted by atomic mass is 10.0. The van der Waals surface area contributed by atoms with E-state index < -0.39 is 11.7 Å². The molecule has 0 saturated carbocycles. The molecule has 0 bridgehead atoms. The molecular weight excluding hydrogens is 241 g/mol. The normalized spacial score (nSPS) is 13.6. The highest BCUT2D eigenvalue weighted by atomic mass is 35.5. The first-order valence-electron chi connectivity index (χ1n) is 4.65. The molecule has 1 unspecified atom stereocenters. The SMILES string of the molecule is CC(C=O)Cc1ccc(C(F)(F)F)c(Cl)c1. The van der Waals surface area contributed by atoms with Crippen molar-refractivity contribution in [2.45, 2.75) is 19.5 Å². The minimum Gasteiger partial charge on any atom is -0.303 e. The van der Waals surface area contributed by atoms with E-state index in [2.05, 4.69) is 0 Å². The molecule has 0 aliphatic carbocycles. The van der Waals surface area contributed by atoms with Crippen LogP contribution in [0.3, 0.4) is 0 Å². The van der Waals surface area contributed by atoms with Gasteiger partial charge in [-0.15, -0.1) is 0 Å². The Balaban J connectivity index is 2.95. The summed E-state index contributed by atoms with van der Waals surface area (Å²) >= 11 is 5.53. The van der Waals surface area contributed by atoms with Crippen molar-refractivity contribution in [2.75, 3.05) is 0 Å². The van der Waals surface area contributed by atoms with Gasteiger partial charge in [0, 0.05) is 5.92 Å². The van der Waals surface area contributed by atoms with Gasteiger partial charge in [-0.2, -0.15) is 13.2 Å². The lowest BCUT2D eigenvalue weighted by Gasteiger charge is -2.11. The second kappa shape index (κ2) is 4.87. The van der Waals surface area contributed by atoms with Gasteiger partial charge in [-0.1, -0.05) is 24.6 Å². The molecular formula is C11H10ClF3O. The number of alkyl halides is 3. The molecule has 0 aromatic heterocycles. The van der Waals surface area contributed by atoms with E-state index >= 15 is 0 Å². The molecule has 0 aliphatic rings. The Labute approximate surface area is 96.2 Å². The summed E-state index contributed by atoms with van der Waals surface area (Å²) < 4.78 is 37.1. The second-order valence-corrected chi connectivity index (χ2v) is 4.04. The van der Waals surface area contributed by atoms with E-state index in [4.69, 9.17) is 11.6 Å². The lowest BCUT2D eigenvalue weighted by Crippen LogP contribution is -2.07. The van der Waals surface area contributed by atoms with Crippen LogP contribution >= 0.6 is 11.6 Å². The minimum atomic E-state index is -4.44. The lowest BCUT2D eigenvalue weighted by molar-refractivity contribution is -0.137. The predicted molar refractivity (Wildman–Crippen MR) is 55.4 cm³/mol. The highest BCUT2D eigenvalue weighted by Crippen LogP contribution is 2.35. The van der Waals surface area contributed by atoms with Crippen LogP contribution < -0.4 is 0 Å². The summed E-state index contributed by atoms with van der Waals surface area (Å²) in [6, 6.07) is 3.54. The molecule has 0 amide bonds. The summed E-state index contributed by atoms with van der Waals surface area (Å²) in [6.07, 6.45) is -3.29. The van der Waals surface area contributed by atoms with E-state index in [1.165, 1.54) is 12.1 Å². The van der Waals surface area contributed by atoms with E-state index in [1.807, 2.05) is 0 Å². The van der Waals surface area contributed by atoms with E-state index in [0.717, 1.165) is 12.4 Å². The molecule has 0 saturated heterocycles. The van der Waals surface area contributed by atoms with Gasteiger partial charge >= 0.3 is 6.18 Å². The quantitative estimate of drug-likeness (QED) is 0.747. The van der Waals surface area contributed by atoms with Crippen LogP contribution in [-0.2, 0) is 17.4 Å². The molecule has 1 rings (SSSR count). The maximum Gasteiger partial charge on any atom is 0.417 e. The Morgan fingerprint density at radius 1 is 1.44 bits per heavy atom. The Kier molecular flexibility index (Phi) is 3.97. The van der Waals surface area contributed by atoms with Crippen LogP contribution in [0, 0.1) is 5.92 Å². The molecule has 1 nitrogen and oxygen atoms in total. The third-order valence-electron chi connectivity index (χ3n) is 2.13. The molecule has 1 atom stereocenters. The van der Waals surface area contributed by atoms with E-state index in [9.17, 15) is 18.0 Å². The number of benzene rings is 1. The highest BCUT2D eigenvalue weighted by molar-refractivity contribution is 6.31. The Morgan fingerprint density at radius 3 is 2.50 bits per heavy atom. The Bertz CT molecular complexity index is 387. The van der Waals surface area contributed by atoms with Gasteiger partial charge in [0.2, 0.25) is 0 Å². The van der Waals surface area contributed by atoms with Gasteiger partial charge in [0.05, 0.1) is 10.6 Å². The molecule has 0 heterocycles. The van der Waals surface area contributed by atoms with Crippen LogP contribution in [0.25, 0.3) is 0 Å². The van der Waals surface area contributed by atoms with Crippen molar-refractivity contribution in [3.63, 3.8) is 0 Å². The summed E-state index contributed by atoms with van der Waals surface area (Å²) in [4.78, 5) is 10.4. The maximum absolute atomic E-state index is 12.4. The van der Waals surface area contributed by atoms with E-state index in [1.54, 1.807) is 6.92 Å². The van der Waals surface area contributed by atoms with Crippen LogP contribution in [-0.4, -0.2) is 6.29 Å². The smallest absolute Gasteiger partial charge is 0.303 e. The zero-order valence-corrected chi connectivity index (χ0v) is 9.27. The number of rotatable bonds is 3. The fraction of sp³-hybridized carbons (Fsp3) is 0.364. The van der Waals surface area contributed by atoms with Gasteiger partial charge in [0.25, 0.3) is 0 Å². The van der Waals surface area contributed by atoms with Crippen LogP contribution in [0.5, 0.6) is 0 Å². The predicted octanol–water partition coefficient (Wildman–Crippen LogP) is 3.74. The zero-order valence-electron chi connectivity index (χ0n) is 8.51. The van der Waals surface area contributed by atoms with Gasteiger partial charge in [0.1, 0.15) is 6.29 Å². The van der Waals surface area contributed by atoms with Crippen LogP contribution in [0.1, 0.15) is 18.1 Å². The number of aldehydes is 1. The van der Waals surface area contributed by atoms with Crippen LogP contribution in [0.4, 0.5) is 13.2 Å². The van der Waals surface area contributed by atoms with Crippen LogP contribution in [0.15, 0.2) is 18.2 Å². The first-order chi connectivity index (χ1) is 7.34. The Hall–Kier alpha value is -1.03. The summed E-state index contributed by atoms with van der Waals surface area (Å²) in [6.45, 7) is 1.69. The molecule has 0 N–H and O–H groups in total. The third kappa shape index (κ3) is 3.23. The molecule has 0 spiro atoms. The van der Waals surface area contributed by atoms with Crippen molar-refractivity contribution in [3.8, 4) is 0 Å². The molecule has 16 heavy (non-hydrogen) atoms. The number of hydrogen-bond acceptors (Lipinski definition) is 1. The van der Waals surface area contributed by atoms with Crippen molar-refractivity contribution >= 4 is 17.9 Å². The molecule has 5 heteroatoms.